The molecule has 0 saturated carbocycles. The summed E-state index contributed by atoms with van der Waals surface area (Å²) >= 11 is 0. The molecule has 1 amide bonds. The van der Waals surface area contributed by atoms with Crippen LogP contribution >= 0.6 is 0 Å². The summed E-state index contributed by atoms with van der Waals surface area (Å²) in [5.41, 5.74) is 0. The molecule has 0 bridgehead atoms. The van der Waals surface area contributed by atoms with E-state index in [2.05, 4.69) is 11.4 Å². The van der Waals surface area contributed by atoms with Gasteiger partial charge in [0.1, 0.15) is 0 Å². The lowest BCUT2D eigenvalue weighted by Crippen LogP contribution is -2.35. The number of hydroxylamine groups is 2. The van der Waals surface area contributed by atoms with E-state index < -0.39 is 0 Å². The van der Waals surface area contributed by atoms with Crippen LogP contribution in [0.15, 0.2) is 12.2 Å². The van der Waals surface area contributed by atoms with Gasteiger partial charge in [-0.05, 0) is 12.8 Å². The quantitative estimate of drug-likeness (QED) is 0.672. The van der Waals surface area contributed by atoms with Gasteiger partial charge in [0.15, 0.2) is 0 Å². The fourth-order valence-corrected chi connectivity index (χ4v) is 1.08. The van der Waals surface area contributed by atoms with Gasteiger partial charge in [-0.15, -0.1) is 5.06 Å². The zero-order valence-corrected chi connectivity index (χ0v) is 7.95. The van der Waals surface area contributed by atoms with Crippen LogP contribution in [0.1, 0.15) is 19.8 Å². The number of hydrogen-bond donors (Lipinski definition) is 1. The summed E-state index contributed by atoms with van der Waals surface area (Å²) in [4.78, 5) is 16.1. The summed E-state index contributed by atoms with van der Waals surface area (Å²) in [6.07, 6.45) is 5.60. The van der Waals surface area contributed by atoms with Gasteiger partial charge >= 0.3 is 6.09 Å². The Bertz CT molecular complexity index is 192. The number of hydrogen-bond acceptors (Lipinski definition) is 3. The highest BCUT2D eigenvalue weighted by molar-refractivity contribution is 5.66. The first kappa shape index (κ1) is 10.1. The van der Waals surface area contributed by atoms with Crippen molar-refractivity contribution in [2.75, 3.05) is 19.6 Å². The average Bonchev–Trinajstić information content (AvgIpc) is 2.16. The molecule has 1 aliphatic heterocycles. The molecule has 0 unspecified atom stereocenters. The highest BCUT2D eigenvalue weighted by Crippen LogP contribution is 2.01. The highest BCUT2D eigenvalue weighted by atomic mass is 16.7. The number of nitrogens with zero attached hydrogens (tertiary/aromatic N) is 1. The normalized spacial score (nSPS) is 17.0. The van der Waals surface area contributed by atoms with Gasteiger partial charge in [-0.1, -0.05) is 19.1 Å². The number of carbonyl (C=O) groups is 1. The number of carbonyl (C=O) groups excluding carboxylic acids is 1. The number of amides is 1. The van der Waals surface area contributed by atoms with E-state index in [0.717, 1.165) is 19.4 Å². The molecular formula is C9H16N2O2. The van der Waals surface area contributed by atoms with Crippen LogP contribution in [0.2, 0.25) is 0 Å². The van der Waals surface area contributed by atoms with E-state index in [1.807, 2.05) is 13.0 Å². The second-order valence-corrected chi connectivity index (χ2v) is 2.95. The van der Waals surface area contributed by atoms with Gasteiger partial charge in [-0.25, -0.2) is 4.79 Å². The molecule has 0 aromatic heterocycles. The predicted octanol–water partition coefficient (Wildman–Crippen LogP) is 1.30. The summed E-state index contributed by atoms with van der Waals surface area (Å²) in [5.74, 6) is 0. The van der Waals surface area contributed by atoms with Crippen molar-refractivity contribution in [3.8, 4) is 0 Å². The average molecular weight is 184 g/mol. The van der Waals surface area contributed by atoms with E-state index in [9.17, 15) is 4.79 Å². The van der Waals surface area contributed by atoms with Crippen molar-refractivity contribution in [1.29, 1.82) is 0 Å². The summed E-state index contributed by atoms with van der Waals surface area (Å²) in [6, 6.07) is 0. The van der Waals surface area contributed by atoms with Crippen molar-refractivity contribution < 1.29 is 9.63 Å². The van der Waals surface area contributed by atoms with Crippen LogP contribution in [0.3, 0.4) is 0 Å². The molecule has 74 valence electrons. The molecule has 0 saturated heterocycles. The molecule has 1 rings (SSSR count). The molecular weight excluding hydrogens is 168 g/mol. The van der Waals surface area contributed by atoms with Crippen molar-refractivity contribution in [1.82, 2.24) is 10.4 Å². The van der Waals surface area contributed by atoms with E-state index in [1.54, 1.807) is 5.06 Å². The molecule has 1 aliphatic rings. The minimum absolute atomic E-state index is 0.350. The fraction of sp³-hybridized carbons (Fsp3) is 0.667. The number of nitrogens with one attached hydrogen (secondary N) is 1. The molecule has 4 heteroatoms. The third-order valence-electron chi connectivity index (χ3n) is 1.75. The fourth-order valence-electron chi connectivity index (χ4n) is 1.08. The Morgan fingerprint density at radius 2 is 2.46 bits per heavy atom. The Morgan fingerprint density at radius 1 is 1.62 bits per heavy atom. The van der Waals surface area contributed by atoms with Crippen LogP contribution in [0.5, 0.6) is 0 Å². The summed E-state index contributed by atoms with van der Waals surface area (Å²) in [5, 5.41) is 4.31. The second kappa shape index (κ2) is 5.59. The standard InChI is InChI=1S/C9H16N2O2/c1-2-6-10-9(12)13-11-7-4-3-5-8-11/h3-4H,2,5-8H2,1H3,(H,10,12). The first-order valence-corrected chi connectivity index (χ1v) is 4.68. The molecule has 4 nitrogen and oxygen atoms in total. The summed E-state index contributed by atoms with van der Waals surface area (Å²) in [6.45, 7) is 4.15. The van der Waals surface area contributed by atoms with E-state index in [-0.39, 0.29) is 6.09 Å². The largest absolute Gasteiger partial charge is 0.426 e. The van der Waals surface area contributed by atoms with Gasteiger partial charge in [0, 0.05) is 13.1 Å². The van der Waals surface area contributed by atoms with E-state index in [1.165, 1.54) is 0 Å². The van der Waals surface area contributed by atoms with Gasteiger partial charge in [-0.3, -0.25) is 0 Å². The van der Waals surface area contributed by atoms with Crippen molar-refractivity contribution in [3.05, 3.63) is 12.2 Å². The van der Waals surface area contributed by atoms with Crippen LogP contribution in [-0.4, -0.2) is 30.8 Å². The Hall–Kier alpha value is -1.03. The van der Waals surface area contributed by atoms with Crippen molar-refractivity contribution in [3.63, 3.8) is 0 Å². The number of rotatable bonds is 3. The molecule has 1 heterocycles. The highest BCUT2D eigenvalue weighted by Gasteiger charge is 2.10. The van der Waals surface area contributed by atoms with Crippen molar-refractivity contribution in [2.45, 2.75) is 19.8 Å². The zero-order chi connectivity index (χ0) is 9.52. The summed E-state index contributed by atoms with van der Waals surface area (Å²) in [7, 11) is 0. The van der Waals surface area contributed by atoms with Gasteiger partial charge < -0.3 is 10.2 Å². The van der Waals surface area contributed by atoms with Gasteiger partial charge in [0.25, 0.3) is 0 Å². The predicted molar refractivity (Wildman–Crippen MR) is 50.1 cm³/mol. The maximum Gasteiger partial charge on any atom is 0.426 e. The van der Waals surface area contributed by atoms with E-state index in [4.69, 9.17) is 4.84 Å². The Labute approximate surface area is 78.5 Å². The lowest BCUT2D eigenvalue weighted by Gasteiger charge is -2.21. The molecule has 0 aromatic rings. The molecule has 0 aliphatic carbocycles. The lowest BCUT2D eigenvalue weighted by molar-refractivity contribution is -0.0920. The molecule has 1 N–H and O–H groups in total. The Balaban J connectivity index is 2.15. The van der Waals surface area contributed by atoms with Crippen LogP contribution in [0.4, 0.5) is 4.79 Å². The van der Waals surface area contributed by atoms with Gasteiger partial charge in [-0.2, -0.15) is 0 Å². The Kier molecular flexibility index (Phi) is 4.32. The van der Waals surface area contributed by atoms with Crippen LogP contribution < -0.4 is 5.32 Å². The maximum atomic E-state index is 11.1. The van der Waals surface area contributed by atoms with Crippen molar-refractivity contribution in [2.24, 2.45) is 0 Å². The first-order valence-electron chi connectivity index (χ1n) is 4.68. The second-order valence-electron chi connectivity index (χ2n) is 2.95. The monoisotopic (exact) mass is 184 g/mol. The van der Waals surface area contributed by atoms with Gasteiger partial charge in [0.05, 0.1) is 6.54 Å². The molecule has 0 spiro atoms. The minimum atomic E-state index is -0.350. The maximum absolute atomic E-state index is 11.1. The molecule has 13 heavy (non-hydrogen) atoms. The molecule has 0 atom stereocenters. The van der Waals surface area contributed by atoms with Crippen LogP contribution in [0, 0.1) is 0 Å². The van der Waals surface area contributed by atoms with E-state index >= 15 is 0 Å². The third kappa shape index (κ3) is 3.94. The summed E-state index contributed by atoms with van der Waals surface area (Å²) < 4.78 is 0. The SMILES string of the molecule is CCCNC(=O)ON1CC=CCC1. The van der Waals surface area contributed by atoms with E-state index in [0.29, 0.717) is 13.1 Å². The minimum Gasteiger partial charge on any atom is -0.351 e. The van der Waals surface area contributed by atoms with Crippen LogP contribution in [-0.2, 0) is 4.84 Å². The van der Waals surface area contributed by atoms with Crippen molar-refractivity contribution >= 4 is 6.09 Å². The third-order valence-corrected chi connectivity index (χ3v) is 1.75. The molecule has 0 fully saturated rings. The zero-order valence-electron chi connectivity index (χ0n) is 7.95. The lowest BCUT2D eigenvalue weighted by atomic mass is 10.3. The van der Waals surface area contributed by atoms with Gasteiger partial charge in [0.2, 0.25) is 0 Å². The molecule has 0 aromatic carbocycles. The first-order chi connectivity index (χ1) is 6.33. The topological polar surface area (TPSA) is 41.6 Å². The smallest absolute Gasteiger partial charge is 0.351 e. The Morgan fingerprint density at radius 3 is 3.08 bits per heavy atom. The molecule has 0 radical (unpaired) electrons. The van der Waals surface area contributed by atoms with Crippen LogP contribution in [0.25, 0.3) is 0 Å².